The maximum atomic E-state index is 9.91. The van der Waals surface area contributed by atoms with Gasteiger partial charge in [-0.05, 0) is 30.0 Å². The summed E-state index contributed by atoms with van der Waals surface area (Å²) in [6.07, 6.45) is 3.23. The molecule has 0 saturated carbocycles. The Bertz CT molecular complexity index is 305. The van der Waals surface area contributed by atoms with Gasteiger partial charge >= 0.3 is 0 Å². The molecule has 1 heterocycles. The average molecular weight is 222 g/mol. The Balaban J connectivity index is 2.45. The molecule has 0 aliphatic carbocycles. The van der Waals surface area contributed by atoms with Crippen LogP contribution in [0.4, 0.5) is 0 Å². The lowest BCUT2D eigenvalue weighted by molar-refractivity contribution is 0.0609. The molecule has 0 saturated heterocycles. The number of hydrogen-bond donors (Lipinski definition) is 2. The van der Waals surface area contributed by atoms with Crippen LogP contribution >= 0.6 is 0 Å². The van der Waals surface area contributed by atoms with Crippen LogP contribution in [-0.2, 0) is 0 Å². The molecular weight excluding hydrogens is 200 g/mol. The van der Waals surface area contributed by atoms with E-state index in [9.17, 15) is 5.11 Å². The minimum Gasteiger partial charge on any atom is -0.391 e. The van der Waals surface area contributed by atoms with Crippen molar-refractivity contribution in [2.45, 2.75) is 39.8 Å². The highest BCUT2D eigenvalue weighted by Gasteiger charge is 2.22. The number of aromatic nitrogens is 1. The molecule has 3 nitrogen and oxygen atoms in total. The standard InChI is InChI=1S/C13H22N2O/c1-10(11-5-7-14-8-6-11)15-9-12(16)13(2,3)4/h5-8,10,12,15-16H,9H2,1-4H3. The Kier molecular flexibility index (Phi) is 4.44. The fourth-order valence-corrected chi connectivity index (χ4v) is 1.36. The number of pyridine rings is 1. The van der Waals surface area contributed by atoms with Crippen molar-refractivity contribution in [2.75, 3.05) is 6.54 Å². The zero-order valence-electron chi connectivity index (χ0n) is 10.6. The fraction of sp³-hybridized carbons (Fsp3) is 0.615. The molecule has 1 aromatic heterocycles. The molecule has 2 N–H and O–H groups in total. The predicted molar refractivity (Wildman–Crippen MR) is 66.1 cm³/mol. The topological polar surface area (TPSA) is 45.1 Å². The molecule has 0 amide bonds. The van der Waals surface area contributed by atoms with Gasteiger partial charge in [0.25, 0.3) is 0 Å². The lowest BCUT2D eigenvalue weighted by Crippen LogP contribution is -2.37. The predicted octanol–water partition coefficient (Wildman–Crippen LogP) is 2.14. The molecule has 2 unspecified atom stereocenters. The van der Waals surface area contributed by atoms with Crippen molar-refractivity contribution in [3.8, 4) is 0 Å². The Hall–Kier alpha value is -0.930. The van der Waals surface area contributed by atoms with Gasteiger partial charge in [-0.1, -0.05) is 20.8 Å². The van der Waals surface area contributed by atoms with E-state index in [1.807, 2.05) is 32.9 Å². The van der Waals surface area contributed by atoms with Gasteiger partial charge in [0.15, 0.2) is 0 Å². The van der Waals surface area contributed by atoms with Crippen molar-refractivity contribution in [1.29, 1.82) is 0 Å². The van der Waals surface area contributed by atoms with E-state index in [2.05, 4.69) is 17.2 Å². The minimum absolute atomic E-state index is 0.0784. The molecule has 1 aromatic rings. The molecule has 1 rings (SSSR count). The summed E-state index contributed by atoms with van der Waals surface area (Å²) >= 11 is 0. The van der Waals surface area contributed by atoms with Crippen molar-refractivity contribution in [2.24, 2.45) is 5.41 Å². The molecule has 3 heteroatoms. The van der Waals surface area contributed by atoms with Crippen molar-refractivity contribution >= 4 is 0 Å². The number of hydrogen-bond acceptors (Lipinski definition) is 3. The van der Waals surface area contributed by atoms with Crippen molar-refractivity contribution in [3.05, 3.63) is 30.1 Å². The van der Waals surface area contributed by atoms with Crippen LogP contribution < -0.4 is 5.32 Å². The molecule has 16 heavy (non-hydrogen) atoms. The monoisotopic (exact) mass is 222 g/mol. The number of rotatable bonds is 4. The highest BCUT2D eigenvalue weighted by atomic mass is 16.3. The summed E-state index contributed by atoms with van der Waals surface area (Å²) in [5.41, 5.74) is 1.11. The van der Waals surface area contributed by atoms with E-state index in [4.69, 9.17) is 0 Å². The lowest BCUT2D eigenvalue weighted by atomic mass is 9.89. The summed E-state index contributed by atoms with van der Waals surface area (Å²) in [7, 11) is 0. The van der Waals surface area contributed by atoms with Gasteiger partial charge in [-0.2, -0.15) is 0 Å². The van der Waals surface area contributed by atoms with E-state index >= 15 is 0 Å². The number of nitrogens with one attached hydrogen (secondary N) is 1. The highest BCUT2D eigenvalue weighted by Crippen LogP contribution is 2.19. The normalized spacial score (nSPS) is 15.8. The summed E-state index contributed by atoms with van der Waals surface area (Å²) in [6, 6.07) is 4.21. The second-order valence-corrected chi connectivity index (χ2v) is 5.29. The largest absolute Gasteiger partial charge is 0.391 e. The van der Waals surface area contributed by atoms with Gasteiger partial charge < -0.3 is 10.4 Å². The van der Waals surface area contributed by atoms with Crippen LogP contribution in [-0.4, -0.2) is 22.7 Å². The summed E-state index contributed by atoms with van der Waals surface area (Å²) in [5.74, 6) is 0. The maximum absolute atomic E-state index is 9.91. The van der Waals surface area contributed by atoms with E-state index < -0.39 is 0 Å². The molecule has 0 spiro atoms. The third-order valence-electron chi connectivity index (χ3n) is 2.82. The van der Waals surface area contributed by atoms with E-state index in [1.165, 1.54) is 5.56 Å². The van der Waals surface area contributed by atoms with Crippen molar-refractivity contribution in [1.82, 2.24) is 10.3 Å². The molecule has 0 bridgehead atoms. The van der Waals surface area contributed by atoms with Gasteiger partial charge in [0.1, 0.15) is 0 Å². The third-order valence-corrected chi connectivity index (χ3v) is 2.82. The van der Waals surface area contributed by atoms with Gasteiger partial charge in [-0.25, -0.2) is 0 Å². The first-order valence-electron chi connectivity index (χ1n) is 5.72. The quantitative estimate of drug-likeness (QED) is 0.820. The first-order chi connectivity index (χ1) is 7.41. The SMILES string of the molecule is CC(NCC(O)C(C)(C)C)c1ccncc1. The zero-order valence-corrected chi connectivity index (χ0v) is 10.6. The highest BCUT2D eigenvalue weighted by molar-refractivity contribution is 5.13. The smallest absolute Gasteiger partial charge is 0.0712 e. The Morgan fingerprint density at radius 3 is 2.38 bits per heavy atom. The molecule has 0 aliphatic heterocycles. The minimum atomic E-state index is -0.336. The summed E-state index contributed by atoms with van der Waals surface area (Å²) < 4.78 is 0. The van der Waals surface area contributed by atoms with Gasteiger partial charge in [0.2, 0.25) is 0 Å². The van der Waals surface area contributed by atoms with Crippen molar-refractivity contribution < 1.29 is 5.11 Å². The van der Waals surface area contributed by atoms with E-state index in [0.29, 0.717) is 6.54 Å². The van der Waals surface area contributed by atoms with Crippen LogP contribution in [0, 0.1) is 5.41 Å². The van der Waals surface area contributed by atoms with Crippen LogP contribution in [0.25, 0.3) is 0 Å². The molecular formula is C13H22N2O. The van der Waals surface area contributed by atoms with Crippen LogP contribution in [0.15, 0.2) is 24.5 Å². The number of aliphatic hydroxyl groups excluding tert-OH is 1. The van der Waals surface area contributed by atoms with Gasteiger partial charge in [-0.3, -0.25) is 4.98 Å². The first-order valence-corrected chi connectivity index (χ1v) is 5.72. The summed E-state index contributed by atoms with van der Waals surface area (Å²) in [6.45, 7) is 8.81. The average Bonchev–Trinajstić information content (AvgIpc) is 2.25. The Labute approximate surface area is 97.9 Å². The van der Waals surface area contributed by atoms with Crippen LogP contribution in [0.1, 0.15) is 39.3 Å². The maximum Gasteiger partial charge on any atom is 0.0712 e. The van der Waals surface area contributed by atoms with E-state index in [0.717, 1.165) is 0 Å². The fourth-order valence-electron chi connectivity index (χ4n) is 1.36. The van der Waals surface area contributed by atoms with Crippen LogP contribution in [0.3, 0.4) is 0 Å². The summed E-state index contributed by atoms with van der Waals surface area (Å²) in [5, 5.41) is 13.2. The van der Waals surface area contributed by atoms with Gasteiger partial charge in [0, 0.05) is 25.0 Å². The second-order valence-electron chi connectivity index (χ2n) is 5.29. The Morgan fingerprint density at radius 2 is 1.88 bits per heavy atom. The van der Waals surface area contributed by atoms with Gasteiger partial charge in [0.05, 0.1) is 6.10 Å². The van der Waals surface area contributed by atoms with E-state index in [-0.39, 0.29) is 17.6 Å². The second kappa shape index (κ2) is 5.41. The Morgan fingerprint density at radius 1 is 1.31 bits per heavy atom. The molecule has 0 radical (unpaired) electrons. The molecule has 0 fully saturated rings. The molecule has 0 aromatic carbocycles. The molecule has 90 valence electrons. The van der Waals surface area contributed by atoms with E-state index in [1.54, 1.807) is 12.4 Å². The number of nitrogens with zero attached hydrogens (tertiary/aromatic N) is 1. The molecule has 0 aliphatic rings. The zero-order chi connectivity index (χ0) is 12.2. The van der Waals surface area contributed by atoms with Crippen LogP contribution in [0.2, 0.25) is 0 Å². The van der Waals surface area contributed by atoms with Crippen LogP contribution in [0.5, 0.6) is 0 Å². The third kappa shape index (κ3) is 3.91. The van der Waals surface area contributed by atoms with Crippen molar-refractivity contribution in [3.63, 3.8) is 0 Å². The lowest BCUT2D eigenvalue weighted by Gasteiger charge is -2.27. The molecule has 2 atom stereocenters. The summed E-state index contributed by atoms with van der Waals surface area (Å²) in [4.78, 5) is 3.99. The van der Waals surface area contributed by atoms with Gasteiger partial charge in [-0.15, -0.1) is 0 Å². The number of aliphatic hydroxyl groups is 1. The first kappa shape index (κ1) is 13.1.